The standard InChI is InChI=1S/C31H32F4N4O4/c1-29(2)17-38(14-18-3-4-23(31(33,34)35)21(11-18)19-15-43-16-19)10-8-30(29,42)24-5-6-25-22(27(24)32)12-20(13-36-25)39-9-7-26(40)37-28(39)41/h3-6,11-13,19,42H,7-10,14-17H2,1-2H3,(H,37,40,41)/t30-/m0/s1. The van der Waals surface area contributed by atoms with E-state index < -0.39 is 34.6 Å². The second-order valence-corrected chi connectivity index (χ2v) is 12.3. The van der Waals surface area contributed by atoms with Crippen LogP contribution in [0.4, 0.5) is 28.0 Å². The fourth-order valence-electron chi connectivity index (χ4n) is 6.47. The van der Waals surface area contributed by atoms with Gasteiger partial charge in [0, 0.05) is 54.9 Å². The van der Waals surface area contributed by atoms with Crippen LogP contribution in [0.2, 0.25) is 0 Å². The fourth-order valence-corrected chi connectivity index (χ4v) is 6.47. The number of carbonyl (C=O) groups excluding carboxylic acids is 2. The Labute approximate surface area is 245 Å². The van der Waals surface area contributed by atoms with Gasteiger partial charge in [-0.3, -0.25) is 24.9 Å². The van der Waals surface area contributed by atoms with E-state index in [0.717, 1.165) is 11.6 Å². The van der Waals surface area contributed by atoms with Gasteiger partial charge in [0.1, 0.15) is 5.82 Å². The smallest absolute Gasteiger partial charge is 0.384 e. The SMILES string of the molecule is CC1(C)CN(Cc2ccc(C(F)(F)F)c(C3COC3)c2)CC[C@]1(O)c1ccc2ncc(N3CCC(=O)NC3=O)cc2c1F. The first kappa shape index (κ1) is 29.5. The number of ether oxygens (including phenoxy) is 1. The molecule has 43 heavy (non-hydrogen) atoms. The summed E-state index contributed by atoms with van der Waals surface area (Å²) in [5.74, 6) is -1.32. The van der Waals surface area contributed by atoms with Crippen molar-refractivity contribution in [2.24, 2.45) is 5.41 Å². The van der Waals surface area contributed by atoms with Crippen molar-refractivity contribution in [1.29, 1.82) is 0 Å². The van der Waals surface area contributed by atoms with Crippen LogP contribution >= 0.6 is 0 Å². The van der Waals surface area contributed by atoms with Crippen LogP contribution in [0.5, 0.6) is 0 Å². The van der Waals surface area contributed by atoms with Gasteiger partial charge in [-0.25, -0.2) is 9.18 Å². The molecule has 8 nitrogen and oxygen atoms in total. The maximum atomic E-state index is 16.2. The van der Waals surface area contributed by atoms with Crippen LogP contribution in [0, 0.1) is 11.2 Å². The van der Waals surface area contributed by atoms with Crippen molar-refractivity contribution < 1.29 is 37.0 Å². The summed E-state index contributed by atoms with van der Waals surface area (Å²) >= 11 is 0. The Balaban J connectivity index is 1.25. The quantitative estimate of drug-likeness (QED) is 0.397. The third-order valence-electron chi connectivity index (χ3n) is 9.03. The number of benzene rings is 2. The minimum Gasteiger partial charge on any atom is -0.384 e. The zero-order chi connectivity index (χ0) is 30.7. The summed E-state index contributed by atoms with van der Waals surface area (Å²) in [4.78, 5) is 31.6. The molecule has 0 radical (unpaired) electrons. The summed E-state index contributed by atoms with van der Waals surface area (Å²) in [6.07, 6.45) is -2.71. The first-order valence-electron chi connectivity index (χ1n) is 14.2. The fraction of sp³-hybridized carbons (Fsp3) is 0.452. The lowest BCUT2D eigenvalue weighted by atomic mass is 9.66. The number of urea groups is 1. The Bertz CT molecular complexity index is 1610. The number of amides is 3. The average Bonchev–Trinajstić information content (AvgIpc) is 2.89. The molecule has 4 heterocycles. The number of piperidine rings is 1. The van der Waals surface area contributed by atoms with Gasteiger partial charge in [0.2, 0.25) is 5.91 Å². The number of hydrogen-bond acceptors (Lipinski definition) is 6. The maximum Gasteiger partial charge on any atom is 0.416 e. The van der Waals surface area contributed by atoms with Gasteiger partial charge < -0.3 is 9.84 Å². The number of imide groups is 1. The molecule has 2 aromatic carbocycles. The first-order chi connectivity index (χ1) is 20.3. The summed E-state index contributed by atoms with van der Waals surface area (Å²) in [6, 6.07) is 8.29. The van der Waals surface area contributed by atoms with Crippen LogP contribution in [-0.2, 0) is 27.9 Å². The summed E-state index contributed by atoms with van der Waals surface area (Å²) in [5, 5.41) is 14.4. The Morgan fingerprint density at radius 3 is 2.53 bits per heavy atom. The van der Waals surface area contributed by atoms with E-state index in [1.807, 2.05) is 13.8 Å². The van der Waals surface area contributed by atoms with E-state index in [2.05, 4.69) is 15.2 Å². The molecule has 6 rings (SSSR count). The van der Waals surface area contributed by atoms with E-state index >= 15 is 4.39 Å². The molecular formula is C31H32F4N4O4. The molecule has 3 amide bonds. The molecule has 0 spiro atoms. The largest absolute Gasteiger partial charge is 0.416 e. The molecule has 1 atom stereocenters. The van der Waals surface area contributed by atoms with Gasteiger partial charge >= 0.3 is 12.2 Å². The third-order valence-corrected chi connectivity index (χ3v) is 9.03. The second kappa shape index (κ2) is 10.5. The number of halogens is 4. The van der Waals surface area contributed by atoms with E-state index in [4.69, 9.17) is 4.74 Å². The highest BCUT2D eigenvalue weighted by atomic mass is 19.4. The lowest BCUT2D eigenvalue weighted by Crippen LogP contribution is -2.55. The molecule has 228 valence electrons. The molecule has 3 saturated heterocycles. The van der Waals surface area contributed by atoms with Gasteiger partial charge in [0.05, 0.1) is 41.8 Å². The zero-order valence-corrected chi connectivity index (χ0v) is 23.8. The number of aliphatic hydroxyl groups is 1. The number of nitrogens with one attached hydrogen (secondary N) is 1. The summed E-state index contributed by atoms with van der Waals surface area (Å²) in [7, 11) is 0. The predicted octanol–water partition coefficient (Wildman–Crippen LogP) is 5.07. The normalized spacial score (nSPS) is 23.4. The molecule has 3 fully saturated rings. The number of nitrogens with zero attached hydrogens (tertiary/aromatic N) is 3. The number of aromatic nitrogens is 1. The summed E-state index contributed by atoms with van der Waals surface area (Å²) in [6.45, 7) is 5.48. The third kappa shape index (κ3) is 5.25. The Kier molecular flexibility index (Phi) is 7.22. The average molecular weight is 601 g/mol. The molecular weight excluding hydrogens is 568 g/mol. The number of pyridine rings is 1. The van der Waals surface area contributed by atoms with Gasteiger partial charge in [-0.15, -0.1) is 0 Å². The Morgan fingerprint density at radius 1 is 1.12 bits per heavy atom. The van der Waals surface area contributed by atoms with Gasteiger partial charge in [0.25, 0.3) is 0 Å². The van der Waals surface area contributed by atoms with Crippen LogP contribution < -0.4 is 10.2 Å². The van der Waals surface area contributed by atoms with Gasteiger partial charge in [0.15, 0.2) is 0 Å². The van der Waals surface area contributed by atoms with Gasteiger partial charge in [-0.2, -0.15) is 13.2 Å². The van der Waals surface area contributed by atoms with Crippen molar-refractivity contribution in [1.82, 2.24) is 15.2 Å². The number of carbonyl (C=O) groups is 2. The van der Waals surface area contributed by atoms with Crippen LogP contribution in [0.15, 0.2) is 42.6 Å². The second-order valence-electron chi connectivity index (χ2n) is 12.3. The van der Waals surface area contributed by atoms with Crippen molar-refractivity contribution in [3.8, 4) is 0 Å². The molecule has 3 aliphatic rings. The van der Waals surface area contributed by atoms with Crippen molar-refractivity contribution in [3.05, 3.63) is 70.7 Å². The van der Waals surface area contributed by atoms with Gasteiger partial charge in [-0.1, -0.05) is 32.0 Å². The predicted molar refractivity (Wildman–Crippen MR) is 150 cm³/mol. The first-order valence-corrected chi connectivity index (χ1v) is 14.2. The number of anilines is 1. The topological polar surface area (TPSA) is 95.0 Å². The van der Waals surface area contributed by atoms with Crippen molar-refractivity contribution in [2.45, 2.75) is 50.9 Å². The monoisotopic (exact) mass is 600 g/mol. The van der Waals surface area contributed by atoms with Crippen molar-refractivity contribution in [2.75, 3.05) is 37.7 Å². The molecule has 3 aliphatic heterocycles. The minimum atomic E-state index is -4.45. The van der Waals surface area contributed by atoms with Crippen molar-refractivity contribution in [3.63, 3.8) is 0 Å². The minimum absolute atomic E-state index is 0.111. The summed E-state index contributed by atoms with van der Waals surface area (Å²) in [5.41, 5.74) is -1.26. The van der Waals surface area contributed by atoms with Crippen molar-refractivity contribution >= 4 is 28.5 Å². The van der Waals surface area contributed by atoms with Crippen LogP contribution in [0.3, 0.4) is 0 Å². The number of hydrogen-bond donors (Lipinski definition) is 2. The maximum absolute atomic E-state index is 16.2. The lowest BCUT2D eigenvalue weighted by Gasteiger charge is -2.50. The molecule has 12 heteroatoms. The van der Waals surface area contributed by atoms with Crippen LogP contribution in [0.1, 0.15) is 54.9 Å². The molecule has 0 unspecified atom stereocenters. The highest BCUT2D eigenvalue weighted by Crippen LogP contribution is 2.48. The highest BCUT2D eigenvalue weighted by Gasteiger charge is 2.50. The van der Waals surface area contributed by atoms with E-state index in [1.165, 1.54) is 29.3 Å². The molecule has 0 bridgehead atoms. The molecule has 0 aliphatic carbocycles. The molecule has 1 aromatic heterocycles. The van der Waals surface area contributed by atoms with E-state index in [9.17, 15) is 27.9 Å². The number of fused-ring (bicyclic) bond motifs is 1. The number of rotatable bonds is 5. The van der Waals surface area contributed by atoms with Gasteiger partial charge in [-0.05, 0) is 35.7 Å². The number of alkyl halides is 3. The lowest BCUT2D eigenvalue weighted by molar-refractivity contribution is -0.139. The van der Waals surface area contributed by atoms with Crippen LogP contribution in [-0.4, -0.2) is 59.8 Å². The zero-order valence-electron chi connectivity index (χ0n) is 23.8. The van der Waals surface area contributed by atoms with E-state index in [-0.39, 0.29) is 60.9 Å². The van der Waals surface area contributed by atoms with E-state index in [0.29, 0.717) is 30.8 Å². The van der Waals surface area contributed by atoms with Crippen LogP contribution in [0.25, 0.3) is 10.9 Å². The number of likely N-dealkylation sites (tertiary alicyclic amines) is 1. The Hall–Kier alpha value is -3.61. The molecule has 2 N–H and O–H groups in total. The summed E-state index contributed by atoms with van der Waals surface area (Å²) < 4.78 is 62.3. The highest BCUT2D eigenvalue weighted by molar-refractivity contribution is 6.06. The Morgan fingerprint density at radius 2 is 1.88 bits per heavy atom. The van der Waals surface area contributed by atoms with E-state index in [1.54, 1.807) is 12.1 Å². The molecule has 3 aromatic rings. The molecule has 0 saturated carbocycles.